The van der Waals surface area contributed by atoms with E-state index in [2.05, 4.69) is 57.2 Å². The number of fused-ring (bicyclic) bond motifs is 3. The van der Waals surface area contributed by atoms with Crippen molar-refractivity contribution in [1.82, 2.24) is 24.5 Å². The minimum absolute atomic E-state index is 0.508. The largest absolute Gasteiger partial charge is 0.492 e. The predicted molar refractivity (Wildman–Crippen MR) is 160 cm³/mol. The Labute approximate surface area is 246 Å². The molecule has 214 valence electrons. The van der Waals surface area contributed by atoms with Gasteiger partial charge in [0.05, 0.1) is 37.2 Å². The Morgan fingerprint density at radius 3 is 2.64 bits per heavy atom. The van der Waals surface area contributed by atoms with Crippen molar-refractivity contribution in [3.05, 3.63) is 77.9 Å². The van der Waals surface area contributed by atoms with E-state index in [1.807, 2.05) is 30.7 Å². The van der Waals surface area contributed by atoms with Gasteiger partial charge in [0.2, 0.25) is 5.88 Å². The highest BCUT2D eigenvalue weighted by atomic mass is 16.5. The van der Waals surface area contributed by atoms with E-state index in [0.717, 1.165) is 60.7 Å². The molecule has 0 amide bonds. The second-order valence-electron chi connectivity index (χ2n) is 11.7. The van der Waals surface area contributed by atoms with Crippen LogP contribution in [-0.2, 0) is 6.54 Å². The third-order valence-corrected chi connectivity index (χ3v) is 8.94. The van der Waals surface area contributed by atoms with Crippen LogP contribution in [0.5, 0.6) is 11.6 Å². The predicted octanol–water partition coefficient (Wildman–Crippen LogP) is 5.26. The molecule has 3 atom stereocenters. The SMILES string of the molecule is COc1ccc(CN2C3CC2CN(c2ccc(-c4cc(OCCC5=CC(C)CC5)cn5ncc(C#N)c45)cn2)C3)cn1. The van der Waals surface area contributed by atoms with Crippen molar-refractivity contribution in [2.24, 2.45) is 5.92 Å². The van der Waals surface area contributed by atoms with Gasteiger partial charge in [-0.2, -0.15) is 10.4 Å². The van der Waals surface area contributed by atoms with Gasteiger partial charge in [0.15, 0.2) is 0 Å². The maximum absolute atomic E-state index is 9.75. The first kappa shape index (κ1) is 26.5. The van der Waals surface area contributed by atoms with Gasteiger partial charge >= 0.3 is 0 Å². The average Bonchev–Trinajstić information content (AvgIpc) is 3.65. The first-order valence-electron chi connectivity index (χ1n) is 14.8. The Morgan fingerprint density at radius 2 is 1.95 bits per heavy atom. The molecule has 3 fully saturated rings. The topological polar surface area (TPSA) is 91.8 Å². The molecule has 0 aromatic carbocycles. The maximum atomic E-state index is 9.75. The summed E-state index contributed by atoms with van der Waals surface area (Å²) in [6.07, 6.45) is 14.2. The van der Waals surface area contributed by atoms with Crippen molar-refractivity contribution in [1.29, 1.82) is 5.26 Å². The number of hydrogen-bond acceptors (Lipinski definition) is 8. The number of methoxy groups -OCH3 is 1. The van der Waals surface area contributed by atoms with E-state index in [4.69, 9.17) is 14.5 Å². The summed E-state index contributed by atoms with van der Waals surface area (Å²) in [6.45, 7) is 5.70. The Morgan fingerprint density at radius 1 is 1.07 bits per heavy atom. The van der Waals surface area contributed by atoms with Gasteiger partial charge in [-0.05, 0) is 48.9 Å². The number of piperazine rings is 1. The molecule has 0 radical (unpaired) electrons. The van der Waals surface area contributed by atoms with Crippen LogP contribution in [0.25, 0.3) is 16.6 Å². The number of allylic oxidation sites excluding steroid dienone is 1. The number of anilines is 1. The molecule has 3 unspecified atom stereocenters. The van der Waals surface area contributed by atoms with Crippen molar-refractivity contribution in [3.8, 4) is 28.8 Å². The summed E-state index contributed by atoms with van der Waals surface area (Å²) in [4.78, 5) is 14.2. The summed E-state index contributed by atoms with van der Waals surface area (Å²) in [5, 5.41) is 14.2. The van der Waals surface area contributed by atoms with Crippen molar-refractivity contribution in [3.63, 3.8) is 0 Å². The van der Waals surface area contributed by atoms with Gasteiger partial charge in [0.25, 0.3) is 0 Å². The monoisotopic (exact) mass is 561 g/mol. The van der Waals surface area contributed by atoms with Crippen LogP contribution >= 0.6 is 0 Å². The molecule has 42 heavy (non-hydrogen) atoms. The summed E-state index contributed by atoms with van der Waals surface area (Å²) in [7, 11) is 1.64. The molecule has 4 aliphatic rings. The minimum Gasteiger partial charge on any atom is -0.492 e. The zero-order valence-corrected chi connectivity index (χ0v) is 24.1. The number of nitrogens with zero attached hydrogens (tertiary/aromatic N) is 7. The number of piperidine rings is 1. The van der Waals surface area contributed by atoms with Crippen molar-refractivity contribution >= 4 is 11.3 Å². The maximum Gasteiger partial charge on any atom is 0.212 e. The Bertz CT molecular complexity index is 1640. The van der Waals surface area contributed by atoms with Crippen LogP contribution in [0.1, 0.15) is 43.7 Å². The fourth-order valence-electron chi connectivity index (χ4n) is 6.67. The van der Waals surface area contributed by atoms with Crippen LogP contribution in [-0.4, -0.2) is 63.4 Å². The lowest BCUT2D eigenvalue weighted by atomic mass is 9.87. The highest BCUT2D eigenvalue weighted by Gasteiger charge is 2.44. The van der Waals surface area contributed by atoms with Gasteiger partial charge in [-0.25, -0.2) is 14.5 Å². The smallest absolute Gasteiger partial charge is 0.212 e. The minimum atomic E-state index is 0.508. The highest BCUT2D eigenvalue weighted by molar-refractivity contribution is 5.85. The fourth-order valence-corrected chi connectivity index (χ4v) is 6.67. The molecule has 3 saturated heterocycles. The number of nitriles is 1. The number of hydrogen-bond donors (Lipinski definition) is 0. The van der Waals surface area contributed by atoms with Gasteiger partial charge in [-0.15, -0.1) is 0 Å². The van der Waals surface area contributed by atoms with Crippen LogP contribution in [0.2, 0.25) is 0 Å². The van der Waals surface area contributed by atoms with Crippen LogP contribution in [0.3, 0.4) is 0 Å². The molecular weight excluding hydrogens is 526 g/mol. The first-order valence-corrected chi connectivity index (χ1v) is 14.8. The van der Waals surface area contributed by atoms with Crippen LogP contribution in [0.15, 0.2) is 66.8 Å². The quantitative estimate of drug-likeness (QED) is 0.256. The fraction of sp³-hybridized carbons (Fsp3) is 0.394. The van der Waals surface area contributed by atoms with E-state index in [0.29, 0.717) is 36.1 Å². The summed E-state index contributed by atoms with van der Waals surface area (Å²) < 4.78 is 13.1. The molecule has 3 aliphatic heterocycles. The third-order valence-electron chi connectivity index (χ3n) is 8.94. The molecule has 1 aliphatic carbocycles. The third kappa shape index (κ3) is 5.07. The van der Waals surface area contributed by atoms with E-state index in [9.17, 15) is 5.26 Å². The molecule has 0 saturated carbocycles. The molecule has 7 heterocycles. The van der Waals surface area contributed by atoms with Crippen molar-refractivity contribution in [2.75, 3.05) is 31.7 Å². The normalized spacial score (nSPS) is 21.6. The number of rotatable bonds is 9. The number of ether oxygens (including phenoxy) is 2. The van der Waals surface area contributed by atoms with Crippen LogP contribution in [0.4, 0.5) is 5.82 Å². The van der Waals surface area contributed by atoms with Crippen molar-refractivity contribution in [2.45, 2.75) is 51.2 Å². The molecule has 9 nitrogen and oxygen atoms in total. The van der Waals surface area contributed by atoms with Crippen LogP contribution in [0, 0.1) is 17.2 Å². The van der Waals surface area contributed by atoms with E-state index in [1.165, 1.54) is 24.0 Å². The molecule has 2 bridgehead atoms. The summed E-state index contributed by atoms with van der Waals surface area (Å²) in [6, 6.07) is 13.5. The molecular formula is C33H35N7O2. The molecule has 4 aromatic heterocycles. The van der Waals surface area contributed by atoms with Crippen molar-refractivity contribution < 1.29 is 9.47 Å². The molecule has 4 aromatic rings. The summed E-state index contributed by atoms with van der Waals surface area (Å²) >= 11 is 0. The molecule has 8 rings (SSSR count). The van der Waals surface area contributed by atoms with E-state index >= 15 is 0 Å². The zero-order chi connectivity index (χ0) is 28.6. The van der Waals surface area contributed by atoms with Gasteiger partial charge in [-0.1, -0.05) is 24.6 Å². The summed E-state index contributed by atoms with van der Waals surface area (Å²) in [5.74, 6) is 3.03. The van der Waals surface area contributed by atoms with Gasteiger partial charge in [0.1, 0.15) is 17.6 Å². The van der Waals surface area contributed by atoms with Crippen LogP contribution < -0.4 is 14.4 Å². The van der Waals surface area contributed by atoms with E-state index in [1.54, 1.807) is 17.8 Å². The van der Waals surface area contributed by atoms with Gasteiger partial charge in [-0.3, -0.25) is 4.90 Å². The first-order chi connectivity index (χ1) is 20.6. The molecule has 0 spiro atoms. The number of pyridine rings is 3. The Hall–Kier alpha value is -4.42. The van der Waals surface area contributed by atoms with E-state index < -0.39 is 0 Å². The van der Waals surface area contributed by atoms with Gasteiger partial charge < -0.3 is 14.4 Å². The molecule has 9 heteroatoms. The average molecular weight is 562 g/mol. The summed E-state index contributed by atoms with van der Waals surface area (Å²) in [5.41, 5.74) is 5.83. The lowest BCUT2D eigenvalue weighted by molar-refractivity contribution is -0.00876. The zero-order valence-electron chi connectivity index (χ0n) is 24.1. The second-order valence-corrected chi connectivity index (χ2v) is 11.7. The lowest BCUT2D eigenvalue weighted by Gasteiger charge is -2.56. The highest BCUT2D eigenvalue weighted by Crippen LogP contribution is 2.37. The van der Waals surface area contributed by atoms with Gasteiger partial charge in [0, 0.05) is 67.7 Å². The second kappa shape index (κ2) is 11.1. The number of aromatic nitrogens is 4. The Kier molecular flexibility index (Phi) is 7.00. The standard InChI is InChI=1S/C33H35N7O2/c1-22-3-4-23(11-22)9-10-42-29-13-30(33-26(14-34)17-37-40(33)21-29)25-6-7-31(35-16-25)38-19-27-12-28(20-38)39(27)18-24-5-8-32(41-2)36-15-24/h5-8,11,13,15-17,21-22,27-28H,3-4,9-10,12,18-20H2,1-2H3. The lowest BCUT2D eigenvalue weighted by Crippen LogP contribution is -2.68. The van der Waals surface area contributed by atoms with E-state index in [-0.39, 0.29) is 0 Å². The Balaban J connectivity index is 1.05. The molecule has 0 N–H and O–H groups in total.